The highest BCUT2D eigenvalue weighted by molar-refractivity contribution is 5.99. The number of amides is 2. The Hall–Kier alpha value is -3.09. The van der Waals surface area contributed by atoms with Gasteiger partial charge in [-0.1, -0.05) is 0 Å². The Bertz CT molecular complexity index is 823. The van der Waals surface area contributed by atoms with Gasteiger partial charge in [0.15, 0.2) is 11.5 Å². The molecule has 26 heavy (non-hydrogen) atoms. The standard InChI is InChI=1S/C19H19FN2O4/c1-25-16-8-7-15(10-17(16)26-2)22-11-14(9-18(22)23)21-19(24)12-3-5-13(20)6-4-12/h3-8,10,14H,9,11H2,1-2H3,(H,21,24). The van der Waals surface area contributed by atoms with Gasteiger partial charge in [-0.25, -0.2) is 4.39 Å². The Morgan fingerprint density at radius 2 is 1.81 bits per heavy atom. The number of carbonyl (C=O) groups excluding carboxylic acids is 2. The molecule has 1 aliphatic rings. The van der Waals surface area contributed by atoms with E-state index in [4.69, 9.17) is 9.47 Å². The summed E-state index contributed by atoms with van der Waals surface area (Å²) in [5.41, 5.74) is 1.02. The van der Waals surface area contributed by atoms with Gasteiger partial charge in [0.2, 0.25) is 5.91 Å². The fourth-order valence-corrected chi connectivity index (χ4v) is 2.92. The molecular weight excluding hydrogens is 339 g/mol. The zero-order valence-electron chi connectivity index (χ0n) is 14.5. The lowest BCUT2D eigenvalue weighted by atomic mass is 10.2. The SMILES string of the molecule is COc1ccc(N2CC(NC(=O)c3ccc(F)cc3)CC2=O)cc1OC. The van der Waals surface area contributed by atoms with Crippen molar-refractivity contribution in [2.45, 2.75) is 12.5 Å². The van der Waals surface area contributed by atoms with E-state index in [1.807, 2.05) is 0 Å². The van der Waals surface area contributed by atoms with Crippen molar-refractivity contribution in [2.75, 3.05) is 25.7 Å². The summed E-state index contributed by atoms with van der Waals surface area (Å²) in [6.45, 7) is 0.348. The number of halogens is 1. The summed E-state index contributed by atoms with van der Waals surface area (Å²) in [5, 5.41) is 2.82. The fraction of sp³-hybridized carbons (Fsp3) is 0.263. The molecule has 2 aromatic carbocycles. The minimum atomic E-state index is -0.405. The molecule has 6 nitrogen and oxygen atoms in total. The van der Waals surface area contributed by atoms with E-state index >= 15 is 0 Å². The maximum atomic E-state index is 13.0. The van der Waals surface area contributed by atoms with Gasteiger partial charge in [0, 0.05) is 30.3 Å². The number of hydrogen-bond acceptors (Lipinski definition) is 4. The highest BCUT2D eigenvalue weighted by Gasteiger charge is 2.32. The van der Waals surface area contributed by atoms with Crippen molar-refractivity contribution in [1.82, 2.24) is 5.32 Å². The van der Waals surface area contributed by atoms with Crippen molar-refractivity contribution in [2.24, 2.45) is 0 Å². The van der Waals surface area contributed by atoms with Crippen LogP contribution < -0.4 is 19.7 Å². The van der Waals surface area contributed by atoms with Gasteiger partial charge in [0.25, 0.3) is 5.91 Å². The van der Waals surface area contributed by atoms with Crippen LogP contribution in [-0.2, 0) is 4.79 Å². The second-order valence-electron chi connectivity index (χ2n) is 5.93. The fourth-order valence-electron chi connectivity index (χ4n) is 2.92. The molecule has 0 aliphatic carbocycles. The van der Waals surface area contributed by atoms with Crippen LogP contribution >= 0.6 is 0 Å². The van der Waals surface area contributed by atoms with Gasteiger partial charge >= 0.3 is 0 Å². The lowest BCUT2D eigenvalue weighted by Gasteiger charge is -2.19. The lowest BCUT2D eigenvalue weighted by Crippen LogP contribution is -2.37. The van der Waals surface area contributed by atoms with Crippen LogP contribution in [0.1, 0.15) is 16.8 Å². The van der Waals surface area contributed by atoms with Gasteiger partial charge in [-0.15, -0.1) is 0 Å². The van der Waals surface area contributed by atoms with Crippen LogP contribution in [0.2, 0.25) is 0 Å². The number of benzene rings is 2. The minimum Gasteiger partial charge on any atom is -0.493 e. The first-order valence-electron chi connectivity index (χ1n) is 8.10. The maximum absolute atomic E-state index is 13.0. The molecule has 1 unspecified atom stereocenters. The molecule has 2 amide bonds. The highest BCUT2D eigenvalue weighted by Crippen LogP contribution is 2.33. The highest BCUT2D eigenvalue weighted by atomic mass is 19.1. The zero-order valence-corrected chi connectivity index (χ0v) is 14.5. The van der Waals surface area contributed by atoms with Gasteiger partial charge in [0.05, 0.1) is 20.3 Å². The smallest absolute Gasteiger partial charge is 0.251 e. The summed E-state index contributed by atoms with van der Waals surface area (Å²) in [7, 11) is 3.07. The maximum Gasteiger partial charge on any atom is 0.251 e. The molecule has 1 saturated heterocycles. The number of ether oxygens (including phenoxy) is 2. The average Bonchev–Trinajstić information content (AvgIpc) is 3.01. The largest absolute Gasteiger partial charge is 0.493 e. The monoisotopic (exact) mass is 358 g/mol. The van der Waals surface area contributed by atoms with E-state index in [0.29, 0.717) is 29.3 Å². The topological polar surface area (TPSA) is 67.9 Å². The van der Waals surface area contributed by atoms with Gasteiger partial charge in [-0.05, 0) is 36.4 Å². The van der Waals surface area contributed by atoms with Crippen molar-refractivity contribution in [3.05, 3.63) is 53.8 Å². The van der Waals surface area contributed by atoms with Gasteiger partial charge < -0.3 is 19.7 Å². The first kappa shape index (κ1) is 17.7. The summed E-state index contributed by atoms with van der Waals surface area (Å²) in [6, 6.07) is 10.2. The molecule has 1 heterocycles. The number of anilines is 1. The van der Waals surface area contributed by atoms with E-state index < -0.39 is 5.82 Å². The normalized spacial score (nSPS) is 16.5. The molecule has 1 aliphatic heterocycles. The van der Waals surface area contributed by atoms with Crippen molar-refractivity contribution >= 4 is 17.5 Å². The molecule has 0 bridgehead atoms. The summed E-state index contributed by atoms with van der Waals surface area (Å²) < 4.78 is 23.4. The molecule has 1 fully saturated rings. The predicted octanol–water partition coefficient (Wildman–Crippen LogP) is 2.38. The van der Waals surface area contributed by atoms with E-state index in [9.17, 15) is 14.0 Å². The average molecular weight is 358 g/mol. The molecule has 0 radical (unpaired) electrons. The van der Waals surface area contributed by atoms with Gasteiger partial charge in [0.1, 0.15) is 5.82 Å². The number of methoxy groups -OCH3 is 2. The molecule has 7 heteroatoms. The minimum absolute atomic E-state index is 0.0957. The first-order valence-corrected chi connectivity index (χ1v) is 8.10. The third-order valence-corrected chi connectivity index (χ3v) is 4.25. The van der Waals surface area contributed by atoms with Crippen LogP contribution in [0.25, 0.3) is 0 Å². The second kappa shape index (κ2) is 7.43. The van der Waals surface area contributed by atoms with Crippen molar-refractivity contribution in [1.29, 1.82) is 0 Å². The molecule has 1 N–H and O–H groups in total. The second-order valence-corrected chi connectivity index (χ2v) is 5.93. The Labute approximate surface area is 150 Å². The van der Waals surface area contributed by atoms with Crippen molar-refractivity contribution in [3.8, 4) is 11.5 Å². The molecular formula is C19H19FN2O4. The Morgan fingerprint density at radius 3 is 2.46 bits per heavy atom. The lowest BCUT2D eigenvalue weighted by molar-refractivity contribution is -0.117. The summed E-state index contributed by atoms with van der Waals surface area (Å²) >= 11 is 0. The molecule has 136 valence electrons. The van der Waals surface area contributed by atoms with Crippen LogP contribution in [0.15, 0.2) is 42.5 Å². The molecule has 0 saturated carbocycles. The van der Waals surface area contributed by atoms with Gasteiger partial charge in [-0.3, -0.25) is 9.59 Å². The Morgan fingerprint density at radius 1 is 1.12 bits per heavy atom. The molecule has 2 aromatic rings. The Balaban J connectivity index is 1.70. The zero-order chi connectivity index (χ0) is 18.7. The number of nitrogens with zero attached hydrogens (tertiary/aromatic N) is 1. The van der Waals surface area contributed by atoms with Crippen LogP contribution in [0.5, 0.6) is 11.5 Å². The summed E-state index contributed by atoms with van der Waals surface area (Å²) in [5.74, 6) is 0.261. The van der Waals surface area contributed by atoms with E-state index in [-0.39, 0.29) is 24.3 Å². The number of rotatable bonds is 5. The molecule has 3 rings (SSSR count). The number of hydrogen-bond donors (Lipinski definition) is 1. The van der Waals surface area contributed by atoms with Crippen LogP contribution in [0.3, 0.4) is 0 Å². The first-order chi connectivity index (χ1) is 12.5. The number of carbonyl (C=O) groups is 2. The third-order valence-electron chi connectivity index (χ3n) is 4.25. The Kier molecular flexibility index (Phi) is 5.06. The van der Waals surface area contributed by atoms with Gasteiger partial charge in [-0.2, -0.15) is 0 Å². The summed E-state index contributed by atoms with van der Waals surface area (Å²) in [6.07, 6.45) is 0.196. The molecule has 1 atom stereocenters. The molecule has 0 aromatic heterocycles. The van der Waals surface area contributed by atoms with Crippen LogP contribution in [0, 0.1) is 5.82 Å². The van der Waals surface area contributed by atoms with Crippen LogP contribution in [-0.4, -0.2) is 38.6 Å². The van der Waals surface area contributed by atoms with Crippen molar-refractivity contribution in [3.63, 3.8) is 0 Å². The van der Waals surface area contributed by atoms with Crippen LogP contribution in [0.4, 0.5) is 10.1 Å². The predicted molar refractivity (Wildman–Crippen MR) is 94.2 cm³/mol. The molecule has 0 spiro atoms. The van der Waals surface area contributed by atoms with E-state index in [1.165, 1.54) is 31.4 Å². The van der Waals surface area contributed by atoms with Crippen molar-refractivity contribution < 1.29 is 23.5 Å². The van der Waals surface area contributed by atoms with E-state index in [0.717, 1.165) is 0 Å². The van der Waals surface area contributed by atoms with E-state index in [1.54, 1.807) is 30.2 Å². The van der Waals surface area contributed by atoms with E-state index in [2.05, 4.69) is 5.32 Å². The third kappa shape index (κ3) is 3.61. The quantitative estimate of drug-likeness (QED) is 0.891. The number of nitrogens with one attached hydrogen (secondary N) is 1. The summed E-state index contributed by atoms with van der Waals surface area (Å²) in [4.78, 5) is 26.2.